The molecule has 0 nitrogen and oxygen atoms in total. The maximum Gasteiger partial charge on any atom is 0.134 e. The van der Waals surface area contributed by atoms with Crippen molar-refractivity contribution < 1.29 is 4.39 Å². The fourth-order valence-electron chi connectivity index (χ4n) is 3.99. The highest BCUT2D eigenvalue weighted by molar-refractivity contribution is 5.84. The van der Waals surface area contributed by atoms with E-state index in [2.05, 4.69) is 44.2 Å². The van der Waals surface area contributed by atoms with Gasteiger partial charge in [0.1, 0.15) is 5.82 Å². The Bertz CT molecular complexity index is 690. The van der Waals surface area contributed by atoms with Crippen LogP contribution in [0.1, 0.15) is 63.0 Å². The van der Waals surface area contributed by atoms with Crippen LogP contribution in [-0.4, -0.2) is 0 Å². The maximum atomic E-state index is 14.6. The molecule has 0 saturated heterocycles. The molecule has 0 spiro atoms. The Labute approximate surface area is 139 Å². The third kappa shape index (κ3) is 3.49. The van der Waals surface area contributed by atoms with Crippen LogP contribution in [0.2, 0.25) is 0 Å². The van der Waals surface area contributed by atoms with Crippen LogP contribution in [0.25, 0.3) is 10.8 Å². The summed E-state index contributed by atoms with van der Waals surface area (Å²) in [6, 6.07) is 10.4. The number of benzene rings is 2. The molecule has 0 amide bonds. The van der Waals surface area contributed by atoms with Gasteiger partial charge in [-0.25, -0.2) is 4.39 Å². The van der Waals surface area contributed by atoms with E-state index < -0.39 is 0 Å². The van der Waals surface area contributed by atoms with Gasteiger partial charge in [0.25, 0.3) is 0 Å². The standard InChI is InChI=1S/C22H27F/c1-3-5-16-7-9-17(10-8-16)19-13-14-21-20(15-19)12-11-18(6-4-2)22(21)23/h3,5,11-17H,4,6-10H2,1-2H3/b5-3+. The molecule has 0 aliphatic heterocycles. The summed E-state index contributed by atoms with van der Waals surface area (Å²) in [7, 11) is 0. The summed E-state index contributed by atoms with van der Waals surface area (Å²) in [5.41, 5.74) is 2.23. The van der Waals surface area contributed by atoms with E-state index in [0.717, 1.165) is 35.1 Å². The van der Waals surface area contributed by atoms with E-state index >= 15 is 0 Å². The summed E-state index contributed by atoms with van der Waals surface area (Å²) < 4.78 is 14.6. The van der Waals surface area contributed by atoms with E-state index in [1.54, 1.807) is 0 Å². The minimum absolute atomic E-state index is 0.0207. The first-order valence-electron chi connectivity index (χ1n) is 9.06. The lowest BCUT2D eigenvalue weighted by Gasteiger charge is -2.27. The van der Waals surface area contributed by atoms with Gasteiger partial charge >= 0.3 is 0 Å². The predicted octanol–water partition coefficient (Wildman–Crippen LogP) is 6.78. The van der Waals surface area contributed by atoms with Gasteiger partial charge in [-0.3, -0.25) is 0 Å². The van der Waals surface area contributed by atoms with Gasteiger partial charge in [-0.05, 0) is 67.4 Å². The summed E-state index contributed by atoms with van der Waals surface area (Å²) in [4.78, 5) is 0. The molecule has 0 N–H and O–H groups in total. The Hall–Kier alpha value is -1.63. The zero-order valence-corrected chi connectivity index (χ0v) is 14.3. The predicted molar refractivity (Wildman–Crippen MR) is 97.4 cm³/mol. The van der Waals surface area contributed by atoms with Crippen molar-refractivity contribution >= 4 is 10.8 Å². The molecule has 1 heteroatoms. The van der Waals surface area contributed by atoms with Crippen LogP contribution in [-0.2, 0) is 6.42 Å². The number of hydrogen-bond acceptors (Lipinski definition) is 0. The Kier molecular flexibility index (Phi) is 5.15. The average molecular weight is 310 g/mol. The van der Waals surface area contributed by atoms with Gasteiger partial charge in [0.15, 0.2) is 0 Å². The van der Waals surface area contributed by atoms with Crippen molar-refractivity contribution in [1.29, 1.82) is 0 Å². The minimum atomic E-state index is -0.0207. The van der Waals surface area contributed by atoms with Crippen molar-refractivity contribution in [2.24, 2.45) is 5.92 Å². The SMILES string of the molecule is C/C=C/C1CCC(c2ccc3c(F)c(CCC)ccc3c2)CC1. The summed E-state index contributed by atoms with van der Waals surface area (Å²) in [6.45, 7) is 4.20. The molecule has 23 heavy (non-hydrogen) atoms. The van der Waals surface area contributed by atoms with Crippen molar-refractivity contribution in [3.8, 4) is 0 Å². The third-order valence-corrected chi connectivity index (χ3v) is 5.29. The Morgan fingerprint density at radius 1 is 1.09 bits per heavy atom. The van der Waals surface area contributed by atoms with Crippen LogP contribution in [0.3, 0.4) is 0 Å². The zero-order valence-electron chi connectivity index (χ0n) is 14.3. The largest absolute Gasteiger partial charge is 0.206 e. The number of halogens is 1. The van der Waals surface area contributed by atoms with Gasteiger partial charge in [0, 0.05) is 5.39 Å². The molecular weight excluding hydrogens is 283 g/mol. The van der Waals surface area contributed by atoms with Crippen LogP contribution in [0, 0.1) is 11.7 Å². The first kappa shape index (κ1) is 16.2. The third-order valence-electron chi connectivity index (χ3n) is 5.29. The maximum absolute atomic E-state index is 14.6. The second kappa shape index (κ2) is 7.29. The summed E-state index contributed by atoms with van der Waals surface area (Å²) >= 11 is 0. The van der Waals surface area contributed by atoms with Gasteiger partial charge in [-0.1, -0.05) is 55.8 Å². The first-order chi connectivity index (χ1) is 11.2. The number of rotatable bonds is 4. The Morgan fingerprint density at radius 3 is 2.57 bits per heavy atom. The summed E-state index contributed by atoms with van der Waals surface area (Å²) in [5, 5.41) is 1.83. The van der Waals surface area contributed by atoms with Crippen molar-refractivity contribution in [2.75, 3.05) is 0 Å². The van der Waals surface area contributed by atoms with E-state index in [0.29, 0.717) is 5.92 Å². The summed E-state index contributed by atoms with van der Waals surface area (Å²) in [6.07, 6.45) is 11.4. The van der Waals surface area contributed by atoms with Gasteiger partial charge < -0.3 is 0 Å². The molecule has 1 aliphatic carbocycles. The van der Waals surface area contributed by atoms with Gasteiger partial charge in [-0.15, -0.1) is 0 Å². The highest BCUT2D eigenvalue weighted by Crippen LogP contribution is 2.37. The first-order valence-corrected chi connectivity index (χ1v) is 9.06. The van der Waals surface area contributed by atoms with E-state index in [9.17, 15) is 4.39 Å². The number of fused-ring (bicyclic) bond motifs is 1. The lowest BCUT2D eigenvalue weighted by molar-refractivity contribution is 0.376. The lowest BCUT2D eigenvalue weighted by atomic mass is 9.78. The molecule has 122 valence electrons. The molecule has 3 rings (SSSR count). The molecule has 1 aliphatic rings. The second-order valence-electron chi connectivity index (χ2n) is 6.91. The number of hydrogen-bond donors (Lipinski definition) is 0. The quantitative estimate of drug-likeness (QED) is 0.546. The molecule has 1 fully saturated rings. The summed E-state index contributed by atoms with van der Waals surface area (Å²) in [5.74, 6) is 1.37. The molecule has 1 saturated carbocycles. The smallest absolute Gasteiger partial charge is 0.134 e. The molecule has 0 atom stereocenters. The minimum Gasteiger partial charge on any atom is -0.206 e. The Balaban J connectivity index is 1.82. The van der Waals surface area contributed by atoms with Crippen molar-refractivity contribution in [1.82, 2.24) is 0 Å². The molecule has 0 heterocycles. The van der Waals surface area contributed by atoms with Gasteiger partial charge in [-0.2, -0.15) is 0 Å². The molecule has 2 aromatic carbocycles. The van der Waals surface area contributed by atoms with Crippen molar-refractivity contribution in [2.45, 2.75) is 58.3 Å². The van der Waals surface area contributed by atoms with Crippen molar-refractivity contribution in [3.63, 3.8) is 0 Å². The monoisotopic (exact) mass is 310 g/mol. The second-order valence-corrected chi connectivity index (χ2v) is 6.91. The van der Waals surface area contributed by atoms with Crippen LogP contribution in [0.5, 0.6) is 0 Å². The van der Waals surface area contributed by atoms with Crippen LogP contribution >= 0.6 is 0 Å². The fourth-order valence-corrected chi connectivity index (χ4v) is 3.99. The molecule has 0 bridgehead atoms. The normalized spacial score (nSPS) is 22.0. The highest BCUT2D eigenvalue weighted by Gasteiger charge is 2.21. The fraction of sp³-hybridized carbons (Fsp3) is 0.455. The number of allylic oxidation sites excluding steroid dienone is 2. The zero-order chi connectivity index (χ0) is 16.2. The van der Waals surface area contributed by atoms with E-state index in [1.165, 1.54) is 31.2 Å². The Morgan fingerprint density at radius 2 is 1.87 bits per heavy atom. The van der Waals surface area contributed by atoms with Gasteiger partial charge in [0.05, 0.1) is 0 Å². The molecule has 0 unspecified atom stereocenters. The van der Waals surface area contributed by atoms with E-state index in [1.807, 2.05) is 12.1 Å². The van der Waals surface area contributed by atoms with Crippen molar-refractivity contribution in [3.05, 3.63) is 59.4 Å². The van der Waals surface area contributed by atoms with Gasteiger partial charge in [0.2, 0.25) is 0 Å². The van der Waals surface area contributed by atoms with Crippen LogP contribution in [0.15, 0.2) is 42.5 Å². The lowest BCUT2D eigenvalue weighted by Crippen LogP contribution is -2.11. The van der Waals surface area contributed by atoms with Crippen LogP contribution < -0.4 is 0 Å². The highest BCUT2D eigenvalue weighted by atomic mass is 19.1. The van der Waals surface area contributed by atoms with Crippen LogP contribution in [0.4, 0.5) is 4.39 Å². The topological polar surface area (TPSA) is 0 Å². The molecule has 2 aromatic rings. The molecular formula is C22H27F. The molecule has 0 radical (unpaired) electrons. The van der Waals surface area contributed by atoms with E-state index in [-0.39, 0.29) is 5.82 Å². The molecule has 0 aromatic heterocycles. The average Bonchev–Trinajstić information content (AvgIpc) is 2.58. The number of aryl methyl sites for hydroxylation is 1. The van der Waals surface area contributed by atoms with E-state index in [4.69, 9.17) is 0 Å².